The second kappa shape index (κ2) is 9.84. The van der Waals surface area contributed by atoms with Crippen molar-refractivity contribution in [2.75, 3.05) is 22.1 Å². The van der Waals surface area contributed by atoms with Crippen LogP contribution in [0.1, 0.15) is 0 Å². The Morgan fingerprint density at radius 1 is 0.792 bits per heavy atom. The van der Waals surface area contributed by atoms with E-state index in [1.807, 2.05) is 0 Å². The molecule has 0 aliphatic carbocycles. The first-order chi connectivity index (χ1) is 11.5. The Kier molecular flexibility index (Phi) is 7.78. The molecule has 2 rings (SSSR count). The van der Waals surface area contributed by atoms with Gasteiger partial charge in [-0.15, -0.1) is 0 Å². The van der Waals surface area contributed by atoms with E-state index >= 15 is 0 Å². The predicted octanol–water partition coefficient (Wildman–Crippen LogP) is 4.95. The summed E-state index contributed by atoms with van der Waals surface area (Å²) in [7, 11) is 2.62. The maximum Gasteiger partial charge on any atom is 0.235 e. The van der Waals surface area contributed by atoms with E-state index in [1.54, 1.807) is 48.5 Å². The molecule has 0 saturated heterocycles. The summed E-state index contributed by atoms with van der Waals surface area (Å²) in [4.78, 5) is 23.6. The van der Waals surface area contributed by atoms with Gasteiger partial charge in [-0.05, 0) is 36.4 Å². The summed E-state index contributed by atoms with van der Waals surface area (Å²) in [5.74, 6) is 0.179. The van der Waals surface area contributed by atoms with Crippen LogP contribution < -0.4 is 10.6 Å². The Hall–Kier alpha value is -1.34. The zero-order valence-electron chi connectivity index (χ0n) is 12.4. The number of benzene rings is 2. The Labute approximate surface area is 158 Å². The maximum absolute atomic E-state index is 11.8. The molecule has 0 radical (unpaired) electrons. The van der Waals surface area contributed by atoms with Crippen LogP contribution >= 0.6 is 44.8 Å². The fourth-order valence-corrected chi connectivity index (χ4v) is 3.76. The molecule has 0 saturated carbocycles. The molecular weight excluding hydrogens is 387 g/mol. The first kappa shape index (κ1) is 19.0. The van der Waals surface area contributed by atoms with E-state index in [0.717, 1.165) is 0 Å². The standard InChI is InChI=1S/C16H14Cl2N2O2S2/c17-11-3-1-5-13(7-11)19-15(21)9-23-24-10-16(22)20-14-6-2-4-12(18)8-14/h1-8H,9-10H2,(H,19,21)(H,20,22). The molecule has 0 spiro atoms. The molecule has 0 aliphatic heterocycles. The third kappa shape index (κ3) is 7.05. The molecular formula is C16H14Cl2N2O2S2. The van der Waals surface area contributed by atoms with Crippen LogP contribution in [0.3, 0.4) is 0 Å². The van der Waals surface area contributed by atoms with Crippen LogP contribution in [0, 0.1) is 0 Å². The van der Waals surface area contributed by atoms with Crippen LogP contribution in [-0.2, 0) is 9.59 Å². The number of halogens is 2. The number of hydrogen-bond donors (Lipinski definition) is 2. The third-order valence-electron chi connectivity index (χ3n) is 2.68. The molecule has 0 fully saturated rings. The van der Waals surface area contributed by atoms with Gasteiger partial charge in [-0.2, -0.15) is 0 Å². The van der Waals surface area contributed by atoms with Gasteiger partial charge in [0.25, 0.3) is 0 Å². The smallest absolute Gasteiger partial charge is 0.235 e. The topological polar surface area (TPSA) is 58.2 Å². The predicted molar refractivity (Wildman–Crippen MR) is 105 cm³/mol. The normalized spacial score (nSPS) is 10.2. The molecule has 4 nitrogen and oxygen atoms in total. The molecule has 24 heavy (non-hydrogen) atoms. The van der Waals surface area contributed by atoms with E-state index in [2.05, 4.69) is 10.6 Å². The Morgan fingerprint density at radius 3 is 1.58 bits per heavy atom. The van der Waals surface area contributed by atoms with E-state index in [9.17, 15) is 9.59 Å². The summed E-state index contributed by atoms with van der Waals surface area (Å²) >= 11 is 11.7. The zero-order valence-corrected chi connectivity index (χ0v) is 15.6. The second-order valence-electron chi connectivity index (χ2n) is 4.64. The quantitative estimate of drug-likeness (QED) is 0.509. The second-order valence-corrected chi connectivity index (χ2v) is 7.98. The lowest BCUT2D eigenvalue weighted by molar-refractivity contribution is -0.114. The lowest BCUT2D eigenvalue weighted by atomic mass is 10.3. The van der Waals surface area contributed by atoms with Gasteiger partial charge in [-0.3, -0.25) is 9.59 Å². The largest absolute Gasteiger partial charge is 0.325 e. The molecule has 0 bridgehead atoms. The van der Waals surface area contributed by atoms with Crippen molar-refractivity contribution in [3.63, 3.8) is 0 Å². The lowest BCUT2D eigenvalue weighted by Gasteiger charge is -2.06. The monoisotopic (exact) mass is 400 g/mol. The summed E-state index contributed by atoms with van der Waals surface area (Å²) in [6.45, 7) is 0. The summed E-state index contributed by atoms with van der Waals surface area (Å²) < 4.78 is 0. The van der Waals surface area contributed by atoms with Crippen molar-refractivity contribution < 1.29 is 9.59 Å². The van der Waals surface area contributed by atoms with Crippen LogP contribution in [-0.4, -0.2) is 23.3 Å². The number of carbonyl (C=O) groups is 2. The summed E-state index contributed by atoms with van der Waals surface area (Å²) in [6.07, 6.45) is 0. The van der Waals surface area contributed by atoms with Gasteiger partial charge in [0.05, 0.1) is 11.5 Å². The Morgan fingerprint density at radius 2 is 1.21 bits per heavy atom. The van der Waals surface area contributed by atoms with Crippen molar-refractivity contribution in [3.8, 4) is 0 Å². The number of amides is 2. The van der Waals surface area contributed by atoms with E-state index < -0.39 is 0 Å². The molecule has 0 unspecified atom stereocenters. The molecule has 0 heterocycles. The molecule has 126 valence electrons. The van der Waals surface area contributed by atoms with Crippen molar-refractivity contribution in [2.45, 2.75) is 0 Å². The molecule has 0 aromatic heterocycles. The van der Waals surface area contributed by atoms with Gasteiger partial charge >= 0.3 is 0 Å². The molecule has 2 aromatic rings. The highest BCUT2D eigenvalue weighted by Gasteiger charge is 2.06. The van der Waals surface area contributed by atoms with Crippen LogP contribution in [0.25, 0.3) is 0 Å². The summed E-state index contributed by atoms with van der Waals surface area (Å²) in [5, 5.41) is 6.61. The Bertz CT molecular complexity index is 667. The van der Waals surface area contributed by atoms with Crippen LogP contribution in [0.15, 0.2) is 48.5 Å². The first-order valence-electron chi connectivity index (χ1n) is 6.88. The average Bonchev–Trinajstić information content (AvgIpc) is 2.51. The van der Waals surface area contributed by atoms with Crippen molar-refractivity contribution >= 4 is 68.0 Å². The Balaban J connectivity index is 1.65. The number of anilines is 2. The minimum Gasteiger partial charge on any atom is -0.325 e. The molecule has 8 heteroatoms. The van der Waals surface area contributed by atoms with Gasteiger partial charge in [0.2, 0.25) is 11.8 Å². The van der Waals surface area contributed by atoms with Crippen LogP contribution in [0.5, 0.6) is 0 Å². The van der Waals surface area contributed by atoms with E-state index in [1.165, 1.54) is 21.6 Å². The van der Waals surface area contributed by atoms with Crippen molar-refractivity contribution in [3.05, 3.63) is 58.6 Å². The number of rotatable bonds is 7. The molecule has 0 aliphatic rings. The number of nitrogens with one attached hydrogen (secondary N) is 2. The minimum absolute atomic E-state index is 0.148. The van der Waals surface area contributed by atoms with Crippen molar-refractivity contribution in [1.29, 1.82) is 0 Å². The zero-order chi connectivity index (χ0) is 17.4. The highest BCUT2D eigenvalue weighted by Crippen LogP contribution is 2.22. The molecule has 0 atom stereocenters. The van der Waals surface area contributed by atoms with Crippen LogP contribution in [0.4, 0.5) is 11.4 Å². The highest BCUT2D eigenvalue weighted by atomic mass is 35.5. The van der Waals surface area contributed by atoms with Gasteiger partial charge in [-0.1, -0.05) is 56.9 Å². The summed E-state index contributed by atoms with van der Waals surface area (Å²) in [5.41, 5.74) is 1.30. The molecule has 2 amide bonds. The highest BCUT2D eigenvalue weighted by molar-refractivity contribution is 8.77. The van der Waals surface area contributed by atoms with Gasteiger partial charge in [0.1, 0.15) is 0 Å². The van der Waals surface area contributed by atoms with Crippen molar-refractivity contribution in [2.24, 2.45) is 0 Å². The average molecular weight is 401 g/mol. The van der Waals surface area contributed by atoms with Gasteiger partial charge in [0.15, 0.2) is 0 Å². The summed E-state index contributed by atoms with van der Waals surface area (Å²) in [6, 6.07) is 13.9. The van der Waals surface area contributed by atoms with E-state index in [-0.39, 0.29) is 23.3 Å². The minimum atomic E-state index is -0.148. The van der Waals surface area contributed by atoms with Gasteiger partial charge in [0, 0.05) is 21.4 Å². The van der Waals surface area contributed by atoms with E-state index in [0.29, 0.717) is 21.4 Å². The fourth-order valence-electron chi connectivity index (χ4n) is 1.72. The van der Waals surface area contributed by atoms with Crippen LogP contribution in [0.2, 0.25) is 10.0 Å². The van der Waals surface area contributed by atoms with E-state index in [4.69, 9.17) is 23.2 Å². The lowest BCUT2D eigenvalue weighted by Crippen LogP contribution is -2.15. The maximum atomic E-state index is 11.8. The third-order valence-corrected chi connectivity index (χ3v) is 5.28. The number of hydrogen-bond acceptors (Lipinski definition) is 4. The van der Waals surface area contributed by atoms with Gasteiger partial charge in [-0.25, -0.2) is 0 Å². The van der Waals surface area contributed by atoms with Gasteiger partial charge < -0.3 is 10.6 Å². The first-order valence-corrected chi connectivity index (χ1v) is 10.1. The molecule has 2 aromatic carbocycles. The number of carbonyl (C=O) groups excluding carboxylic acids is 2. The molecule has 2 N–H and O–H groups in total. The fraction of sp³-hybridized carbons (Fsp3) is 0.125. The SMILES string of the molecule is O=C(CSSCC(=O)Nc1cccc(Cl)c1)Nc1cccc(Cl)c1. The van der Waals surface area contributed by atoms with Crippen molar-refractivity contribution in [1.82, 2.24) is 0 Å².